The van der Waals surface area contributed by atoms with Crippen molar-refractivity contribution in [3.8, 4) is 0 Å². The molecule has 2 heterocycles. The summed E-state index contributed by atoms with van der Waals surface area (Å²) in [6.07, 6.45) is 4.35. The third kappa shape index (κ3) is 3.23. The standard InChI is InChI=1S/C15H26N4/c1-5-13-14(6-2)17-18-15(16-13)19-9-7-12(8-10-19)11(3)4/h11-12H,5-10H2,1-4H3. The van der Waals surface area contributed by atoms with E-state index >= 15 is 0 Å². The van der Waals surface area contributed by atoms with Crippen molar-refractivity contribution in [2.75, 3.05) is 18.0 Å². The van der Waals surface area contributed by atoms with Crippen molar-refractivity contribution < 1.29 is 0 Å². The fourth-order valence-electron chi connectivity index (χ4n) is 2.83. The van der Waals surface area contributed by atoms with Crippen LogP contribution in [0.25, 0.3) is 0 Å². The molecule has 0 amide bonds. The lowest BCUT2D eigenvalue weighted by atomic mass is 9.87. The normalized spacial score (nSPS) is 17.2. The topological polar surface area (TPSA) is 41.9 Å². The molecule has 0 N–H and O–H groups in total. The van der Waals surface area contributed by atoms with E-state index in [0.717, 1.165) is 55.1 Å². The Balaban J connectivity index is 2.07. The van der Waals surface area contributed by atoms with E-state index in [9.17, 15) is 0 Å². The van der Waals surface area contributed by atoms with Crippen molar-refractivity contribution >= 4 is 5.95 Å². The maximum absolute atomic E-state index is 4.71. The van der Waals surface area contributed by atoms with Crippen LogP contribution in [0.5, 0.6) is 0 Å². The number of rotatable bonds is 4. The van der Waals surface area contributed by atoms with Gasteiger partial charge in [-0.1, -0.05) is 27.7 Å². The predicted molar refractivity (Wildman–Crippen MR) is 78.4 cm³/mol. The van der Waals surface area contributed by atoms with E-state index in [1.54, 1.807) is 0 Å². The highest BCUT2D eigenvalue weighted by atomic mass is 15.3. The Morgan fingerprint density at radius 1 is 1.05 bits per heavy atom. The number of aromatic nitrogens is 3. The average Bonchev–Trinajstić information content (AvgIpc) is 2.46. The van der Waals surface area contributed by atoms with Crippen LogP contribution in [0, 0.1) is 11.8 Å². The average molecular weight is 262 g/mol. The summed E-state index contributed by atoms with van der Waals surface area (Å²) in [6, 6.07) is 0. The molecule has 4 heteroatoms. The summed E-state index contributed by atoms with van der Waals surface area (Å²) < 4.78 is 0. The van der Waals surface area contributed by atoms with E-state index in [2.05, 4.69) is 42.8 Å². The van der Waals surface area contributed by atoms with E-state index in [-0.39, 0.29) is 0 Å². The van der Waals surface area contributed by atoms with Crippen LogP contribution in [0.4, 0.5) is 5.95 Å². The van der Waals surface area contributed by atoms with E-state index in [0.29, 0.717) is 0 Å². The second-order valence-corrected chi connectivity index (χ2v) is 5.78. The Morgan fingerprint density at radius 2 is 1.68 bits per heavy atom. The highest BCUT2D eigenvalue weighted by molar-refractivity contribution is 5.31. The van der Waals surface area contributed by atoms with Crippen molar-refractivity contribution in [2.24, 2.45) is 11.8 Å². The van der Waals surface area contributed by atoms with E-state index < -0.39 is 0 Å². The predicted octanol–water partition coefficient (Wildman–Crippen LogP) is 2.87. The van der Waals surface area contributed by atoms with Crippen molar-refractivity contribution in [2.45, 2.75) is 53.4 Å². The first-order valence-corrected chi connectivity index (χ1v) is 7.63. The lowest BCUT2D eigenvalue weighted by Crippen LogP contribution is -2.36. The van der Waals surface area contributed by atoms with Crippen LogP contribution in [0.1, 0.15) is 51.9 Å². The van der Waals surface area contributed by atoms with Gasteiger partial charge >= 0.3 is 0 Å². The van der Waals surface area contributed by atoms with E-state index in [4.69, 9.17) is 4.98 Å². The van der Waals surface area contributed by atoms with Gasteiger partial charge in [0.15, 0.2) is 0 Å². The van der Waals surface area contributed by atoms with Gasteiger partial charge in [0.05, 0.1) is 11.4 Å². The van der Waals surface area contributed by atoms with Gasteiger partial charge in [-0.25, -0.2) is 4.98 Å². The molecule has 106 valence electrons. The maximum Gasteiger partial charge on any atom is 0.245 e. The van der Waals surface area contributed by atoms with Crippen LogP contribution in [0.15, 0.2) is 0 Å². The first-order valence-electron chi connectivity index (χ1n) is 7.63. The summed E-state index contributed by atoms with van der Waals surface area (Å²) in [5.41, 5.74) is 2.15. The van der Waals surface area contributed by atoms with Crippen molar-refractivity contribution in [1.29, 1.82) is 0 Å². The lowest BCUT2D eigenvalue weighted by molar-refractivity contribution is 0.309. The summed E-state index contributed by atoms with van der Waals surface area (Å²) >= 11 is 0. The van der Waals surface area contributed by atoms with Crippen LogP contribution >= 0.6 is 0 Å². The molecule has 1 aromatic heterocycles. The van der Waals surface area contributed by atoms with Gasteiger partial charge in [0, 0.05) is 13.1 Å². The lowest BCUT2D eigenvalue weighted by Gasteiger charge is -2.33. The first kappa shape index (κ1) is 14.2. The van der Waals surface area contributed by atoms with Gasteiger partial charge in [-0.15, -0.1) is 5.10 Å². The zero-order chi connectivity index (χ0) is 13.8. The zero-order valence-corrected chi connectivity index (χ0v) is 12.7. The van der Waals surface area contributed by atoms with Gasteiger partial charge in [-0.05, 0) is 37.5 Å². The van der Waals surface area contributed by atoms with Gasteiger partial charge in [0.1, 0.15) is 0 Å². The molecule has 0 radical (unpaired) electrons. The minimum absolute atomic E-state index is 0.787. The minimum Gasteiger partial charge on any atom is -0.340 e. The number of piperidine rings is 1. The molecule has 1 saturated heterocycles. The molecule has 19 heavy (non-hydrogen) atoms. The largest absolute Gasteiger partial charge is 0.340 e. The summed E-state index contributed by atoms with van der Waals surface area (Å²) in [5.74, 6) is 2.47. The van der Waals surface area contributed by atoms with Crippen molar-refractivity contribution in [3.05, 3.63) is 11.4 Å². The third-order valence-electron chi connectivity index (χ3n) is 4.26. The number of hydrogen-bond acceptors (Lipinski definition) is 4. The van der Waals surface area contributed by atoms with E-state index in [1.165, 1.54) is 12.8 Å². The minimum atomic E-state index is 0.787. The van der Waals surface area contributed by atoms with Crippen LogP contribution < -0.4 is 4.90 Å². The molecule has 1 fully saturated rings. The molecule has 1 aliphatic rings. The number of aryl methyl sites for hydroxylation is 2. The second-order valence-electron chi connectivity index (χ2n) is 5.78. The van der Waals surface area contributed by atoms with Gasteiger partial charge in [0.2, 0.25) is 5.95 Å². The molecule has 1 aromatic rings. The number of anilines is 1. The summed E-state index contributed by atoms with van der Waals surface area (Å²) in [7, 11) is 0. The summed E-state index contributed by atoms with van der Waals surface area (Å²) in [5, 5.41) is 8.66. The summed E-state index contributed by atoms with van der Waals surface area (Å²) in [6.45, 7) is 11.0. The van der Waals surface area contributed by atoms with Gasteiger partial charge < -0.3 is 4.90 Å². The molecular formula is C15H26N4. The highest BCUT2D eigenvalue weighted by Crippen LogP contribution is 2.26. The van der Waals surface area contributed by atoms with Crippen LogP contribution in [0.3, 0.4) is 0 Å². The molecule has 0 bridgehead atoms. The van der Waals surface area contributed by atoms with Crippen LogP contribution in [-0.2, 0) is 12.8 Å². The molecule has 0 saturated carbocycles. The fraction of sp³-hybridized carbons (Fsp3) is 0.800. The van der Waals surface area contributed by atoms with Crippen molar-refractivity contribution in [1.82, 2.24) is 15.2 Å². The Hall–Kier alpha value is -1.19. The van der Waals surface area contributed by atoms with Crippen LogP contribution in [0.2, 0.25) is 0 Å². The molecule has 0 aliphatic carbocycles. The highest BCUT2D eigenvalue weighted by Gasteiger charge is 2.23. The third-order valence-corrected chi connectivity index (χ3v) is 4.26. The quantitative estimate of drug-likeness (QED) is 0.836. The van der Waals surface area contributed by atoms with Gasteiger partial charge in [-0.3, -0.25) is 0 Å². The number of nitrogens with zero attached hydrogens (tertiary/aromatic N) is 4. The molecule has 4 nitrogen and oxygen atoms in total. The maximum atomic E-state index is 4.71. The Kier molecular flexibility index (Phi) is 4.72. The molecule has 1 aliphatic heterocycles. The molecule has 0 atom stereocenters. The second kappa shape index (κ2) is 6.31. The molecular weight excluding hydrogens is 236 g/mol. The SMILES string of the molecule is CCc1nnc(N2CCC(C(C)C)CC2)nc1CC. The first-order chi connectivity index (χ1) is 9.15. The summed E-state index contributed by atoms with van der Waals surface area (Å²) in [4.78, 5) is 7.00. The molecule has 2 rings (SSSR count). The zero-order valence-electron chi connectivity index (χ0n) is 12.7. The monoisotopic (exact) mass is 262 g/mol. The number of hydrogen-bond donors (Lipinski definition) is 0. The Morgan fingerprint density at radius 3 is 2.21 bits per heavy atom. The molecule has 0 spiro atoms. The van der Waals surface area contributed by atoms with Crippen LogP contribution in [-0.4, -0.2) is 28.3 Å². The Labute approximate surface area is 116 Å². The van der Waals surface area contributed by atoms with Gasteiger partial charge in [0.25, 0.3) is 0 Å². The molecule has 0 aromatic carbocycles. The van der Waals surface area contributed by atoms with Crippen molar-refractivity contribution in [3.63, 3.8) is 0 Å². The van der Waals surface area contributed by atoms with E-state index in [1.807, 2.05) is 0 Å². The smallest absolute Gasteiger partial charge is 0.245 e. The van der Waals surface area contributed by atoms with Gasteiger partial charge in [-0.2, -0.15) is 5.10 Å². The fourth-order valence-corrected chi connectivity index (χ4v) is 2.83. The Bertz CT molecular complexity index is 409. The molecule has 0 unspecified atom stereocenters.